The molecule has 0 saturated carbocycles. The van der Waals surface area contributed by atoms with Gasteiger partial charge in [0.25, 0.3) is 5.91 Å². The molecule has 0 fully saturated rings. The van der Waals surface area contributed by atoms with Crippen molar-refractivity contribution in [2.75, 3.05) is 24.3 Å². The van der Waals surface area contributed by atoms with E-state index in [1.54, 1.807) is 0 Å². The molecule has 26 heavy (non-hydrogen) atoms. The number of anilines is 2. The number of ether oxygens (including phenoxy) is 1. The van der Waals surface area contributed by atoms with E-state index in [0.29, 0.717) is 22.4 Å². The van der Waals surface area contributed by atoms with Gasteiger partial charge in [-0.05, 0) is 30.5 Å². The molecule has 0 saturated heterocycles. The number of carbonyl (C=O) groups is 2. The van der Waals surface area contributed by atoms with Crippen molar-refractivity contribution in [1.82, 2.24) is 9.97 Å². The largest absolute Gasteiger partial charge is 0.465 e. The molecule has 0 aliphatic rings. The average molecular weight is 377 g/mol. The smallest absolute Gasteiger partial charge is 0.337 e. The maximum absolute atomic E-state index is 12.3. The number of carbonyl (C=O) groups excluding carboxylic acids is 2. The molecule has 2 rings (SSSR count). The van der Waals surface area contributed by atoms with E-state index in [0.717, 1.165) is 13.0 Å². The molecule has 1 aromatic heterocycles. The third-order valence-electron chi connectivity index (χ3n) is 3.55. The third-order valence-corrected chi connectivity index (χ3v) is 3.88. The molecule has 0 bridgehead atoms. The Morgan fingerprint density at radius 2 is 2.00 bits per heavy atom. The van der Waals surface area contributed by atoms with Gasteiger partial charge in [-0.25, -0.2) is 14.8 Å². The topological polar surface area (TPSA) is 93.2 Å². The molecule has 0 unspecified atom stereocenters. The zero-order valence-electron chi connectivity index (χ0n) is 14.9. The highest BCUT2D eigenvalue weighted by Gasteiger charge is 2.13. The van der Waals surface area contributed by atoms with Crippen LogP contribution >= 0.6 is 11.6 Å². The molecule has 8 heteroatoms. The standard InChI is InChI=1S/C18H21ClN4O3/c1-11(2)6-7-20-16-10-21-15(9-22-16)17(24)23-14-8-12(18(25)26-3)4-5-13(14)19/h4-5,8-11H,6-7H2,1-3H3,(H,20,22)(H,23,24). The molecular weight excluding hydrogens is 356 g/mol. The third kappa shape index (κ3) is 5.42. The van der Waals surface area contributed by atoms with Crippen molar-refractivity contribution in [2.45, 2.75) is 20.3 Å². The summed E-state index contributed by atoms with van der Waals surface area (Å²) >= 11 is 6.07. The van der Waals surface area contributed by atoms with Crippen LogP contribution < -0.4 is 10.6 Å². The number of nitrogens with one attached hydrogen (secondary N) is 2. The van der Waals surface area contributed by atoms with Gasteiger partial charge in [0.2, 0.25) is 0 Å². The van der Waals surface area contributed by atoms with Crippen LogP contribution in [-0.2, 0) is 4.74 Å². The van der Waals surface area contributed by atoms with Crippen molar-refractivity contribution < 1.29 is 14.3 Å². The van der Waals surface area contributed by atoms with Crippen LogP contribution in [0.2, 0.25) is 5.02 Å². The number of amides is 1. The summed E-state index contributed by atoms with van der Waals surface area (Å²) in [7, 11) is 1.28. The number of nitrogens with zero attached hydrogens (tertiary/aromatic N) is 2. The van der Waals surface area contributed by atoms with Crippen LogP contribution in [0, 0.1) is 5.92 Å². The van der Waals surface area contributed by atoms with E-state index in [2.05, 4.69) is 39.2 Å². The number of esters is 1. The fraction of sp³-hybridized carbons (Fsp3) is 0.333. The number of halogens is 1. The Bertz CT molecular complexity index is 779. The molecule has 138 valence electrons. The van der Waals surface area contributed by atoms with E-state index in [1.807, 2.05) is 0 Å². The summed E-state index contributed by atoms with van der Waals surface area (Å²) in [6, 6.07) is 4.47. The summed E-state index contributed by atoms with van der Waals surface area (Å²) in [5.74, 6) is 0.197. The number of hydrogen-bond acceptors (Lipinski definition) is 6. The minimum Gasteiger partial charge on any atom is -0.465 e. The van der Waals surface area contributed by atoms with Gasteiger partial charge in [0.05, 0.1) is 35.8 Å². The molecule has 0 spiro atoms. The molecule has 2 N–H and O–H groups in total. The van der Waals surface area contributed by atoms with Gasteiger partial charge in [-0.2, -0.15) is 0 Å². The second-order valence-corrected chi connectivity index (χ2v) is 6.44. The van der Waals surface area contributed by atoms with Crippen LogP contribution in [0.1, 0.15) is 41.1 Å². The second kappa shape index (κ2) is 9.15. The summed E-state index contributed by atoms with van der Waals surface area (Å²) in [5, 5.41) is 6.07. The lowest BCUT2D eigenvalue weighted by Gasteiger charge is -2.09. The Kier molecular flexibility index (Phi) is 6.91. The molecule has 7 nitrogen and oxygen atoms in total. The zero-order chi connectivity index (χ0) is 19.1. The van der Waals surface area contributed by atoms with E-state index in [4.69, 9.17) is 11.6 Å². The average Bonchev–Trinajstić information content (AvgIpc) is 2.63. The second-order valence-electron chi connectivity index (χ2n) is 6.04. The van der Waals surface area contributed by atoms with Crippen LogP contribution in [0.5, 0.6) is 0 Å². The lowest BCUT2D eigenvalue weighted by Crippen LogP contribution is -2.15. The van der Waals surface area contributed by atoms with E-state index in [1.165, 1.54) is 37.7 Å². The fourth-order valence-electron chi connectivity index (χ4n) is 2.08. The predicted octanol–water partition coefficient (Wildman–Crippen LogP) is 3.63. The Morgan fingerprint density at radius 1 is 1.23 bits per heavy atom. The number of benzene rings is 1. The van der Waals surface area contributed by atoms with Gasteiger partial charge in [-0.15, -0.1) is 0 Å². The number of hydrogen-bond donors (Lipinski definition) is 2. The van der Waals surface area contributed by atoms with Gasteiger partial charge < -0.3 is 15.4 Å². The van der Waals surface area contributed by atoms with Crippen LogP contribution in [-0.4, -0.2) is 35.5 Å². The minimum atomic E-state index is -0.520. The van der Waals surface area contributed by atoms with Gasteiger partial charge in [-0.1, -0.05) is 25.4 Å². The Balaban J connectivity index is 2.04. The van der Waals surface area contributed by atoms with Crippen LogP contribution in [0.3, 0.4) is 0 Å². The molecule has 1 amide bonds. The monoisotopic (exact) mass is 376 g/mol. The van der Waals surface area contributed by atoms with Crippen LogP contribution in [0.25, 0.3) is 0 Å². The highest BCUT2D eigenvalue weighted by molar-refractivity contribution is 6.34. The van der Waals surface area contributed by atoms with E-state index >= 15 is 0 Å². The Hall–Kier alpha value is -2.67. The highest BCUT2D eigenvalue weighted by Crippen LogP contribution is 2.24. The first-order chi connectivity index (χ1) is 12.4. The molecule has 1 heterocycles. The summed E-state index contributed by atoms with van der Waals surface area (Å²) in [5.41, 5.74) is 0.711. The van der Waals surface area contributed by atoms with Crippen molar-refractivity contribution in [3.63, 3.8) is 0 Å². The number of aromatic nitrogens is 2. The van der Waals surface area contributed by atoms with E-state index < -0.39 is 11.9 Å². The first-order valence-electron chi connectivity index (χ1n) is 8.16. The molecule has 1 aromatic carbocycles. The van der Waals surface area contributed by atoms with E-state index in [-0.39, 0.29) is 11.3 Å². The van der Waals surface area contributed by atoms with Gasteiger partial charge in [0.15, 0.2) is 0 Å². The lowest BCUT2D eigenvalue weighted by molar-refractivity contribution is 0.0600. The van der Waals surface area contributed by atoms with Gasteiger partial charge in [0.1, 0.15) is 11.5 Å². The molecule has 0 aliphatic heterocycles. The summed E-state index contributed by atoms with van der Waals surface area (Å²) in [6.07, 6.45) is 3.89. The van der Waals surface area contributed by atoms with Crippen molar-refractivity contribution >= 4 is 35.0 Å². The molecule has 0 radical (unpaired) electrons. The SMILES string of the molecule is COC(=O)c1ccc(Cl)c(NC(=O)c2cnc(NCCC(C)C)cn2)c1. The van der Waals surface area contributed by atoms with Crippen LogP contribution in [0.15, 0.2) is 30.6 Å². The van der Waals surface area contributed by atoms with Crippen molar-refractivity contribution in [3.8, 4) is 0 Å². The first kappa shape index (κ1) is 19.7. The van der Waals surface area contributed by atoms with Gasteiger partial charge >= 0.3 is 5.97 Å². The summed E-state index contributed by atoms with van der Waals surface area (Å²) in [6.45, 7) is 5.07. The van der Waals surface area contributed by atoms with Crippen molar-refractivity contribution in [3.05, 3.63) is 46.9 Å². The van der Waals surface area contributed by atoms with Crippen LogP contribution in [0.4, 0.5) is 11.5 Å². The zero-order valence-corrected chi connectivity index (χ0v) is 15.6. The molecule has 0 atom stereocenters. The Labute approximate surface area is 157 Å². The quantitative estimate of drug-likeness (QED) is 0.717. The van der Waals surface area contributed by atoms with Crippen molar-refractivity contribution in [1.29, 1.82) is 0 Å². The van der Waals surface area contributed by atoms with Crippen molar-refractivity contribution in [2.24, 2.45) is 5.92 Å². The normalized spacial score (nSPS) is 10.5. The molecule has 0 aliphatic carbocycles. The maximum atomic E-state index is 12.3. The highest BCUT2D eigenvalue weighted by atomic mass is 35.5. The fourth-order valence-corrected chi connectivity index (χ4v) is 2.24. The first-order valence-corrected chi connectivity index (χ1v) is 8.53. The number of methoxy groups -OCH3 is 1. The molecule has 2 aromatic rings. The maximum Gasteiger partial charge on any atom is 0.337 e. The van der Waals surface area contributed by atoms with Gasteiger partial charge in [-0.3, -0.25) is 4.79 Å². The summed E-state index contributed by atoms with van der Waals surface area (Å²) < 4.78 is 4.66. The van der Waals surface area contributed by atoms with E-state index in [9.17, 15) is 9.59 Å². The molecular formula is C18H21ClN4O3. The summed E-state index contributed by atoms with van der Waals surface area (Å²) in [4.78, 5) is 32.2. The minimum absolute atomic E-state index is 0.138. The lowest BCUT2D eigenvalue weighted by atomic mass is 10.1. The number of rotatable bonds is 7. The Morgan fingerprint density at radius 3 is 2.62 bits per heavy atom. The van der Waals surface area contributed by atoms with Gasteiger partial charge in [0, 0.05) is 6.54 Å². The predicted molar refractivity (Wildman–Crippen MR) is 101 cm³/mol.